The second-order valence-electron chi connectivity index (χ2n) is 9.17. The van der Waals surface area contributed by atoms with Gasteiger partial charge in [0, 0.05) is 12.2 Å². The number of amides is 2. The molecule has 10 nitrogen and oxygen atoms in total. The van der Waals surface area contributed by atoms with E-state index in [-0.39, 0.29) is 30.2 Å². The molecule has 3 rings (SSSR count). The molecule has 2 atom stereocenters. The summed E-state index contributed by atoms with van der Waals surface area (Å²) in [6.45, 7) is 4.01. The Kier molecular flexibility index (Phi) is 9.16. The van der Waals surface area contributed by atoms with Crippen LogP contribution in [0.5, 0.6) is 0 Å². The Hall–Kier alpha value is -3.05. The Morgan fingerprint density at radius 2 is 1.89 bits per heavy atom. The first-order valence-corrected chi connectivity index (χ1v) is 13.4. The highest BCUT2D eigenvalue weighted by Gasteiger charge is 2.32. The predicted octanol–water partition coefficient (Wildman–Crippen LogP) is 1.24. The van der Waals surface area contributed by atoms with Crippen LogP contribution in [0.15, 0.2) is 41.4 Å². The highest BCUT2D eigenvalue weighted by atomic mass is 32.2. The summed E-state index contributed by atoms with van der Waals surface area (Å²) in [6.07, 6.45) is 4.84. The second kappa shape index (κ2) is 12.1. The van der Waals surface area contributed by atoms with Gasteiger partial charge in [-0.2, -0.15) is 9.82 Å². The van der Waals surface area contributed by atoms with Gasteiger partial charge < -0.3 is 10.6 Å². The summed E-state index contributed by atoms with van der Waals surface area (Å²) in [7, 11) is -3.96. The molecule has 0 saturated carbocycles. The number of fused-ring (bicyclic) bond motifs is 1. The lowest BCUT2D eigenvalue weighted by molar-refractivity contribution is -0.140. The Balaban J connectivity index is 1.74. The molecule has 1 aromatic carbocycles. The number of Topliss-reactive ketones (excluding diaryl/α,β-unsaturated/α-hetero) is 1. The van der Waals surface area contributed by atoms with Crippen LogP contribution in [-0.2, 0) is 37.2 Å². The molecule has 2 aromatic rings. The predicted molar refractivity (Wildman–Crippen MR) is 130 cm³/mol. The van der Waals surface area contributed by atoms with Crippen LogP contribution in [0, 0.1) is 5.92 Å². The van der Waals surface area contributed by atoms with Gasteiger partial charge in [-0.1, -0.05) is 38.5 Å². The Bertz CT molecular complexity index is 1130. The zero-order chi connectivity index (χ0) is 25.4. The van der Waals surface area contributed by atoms with E-state index < -0.39 is 39.7 Å². The molecule has 2 amide bonds. The van der Waals surface area contributed by atoms with Gasteiger partial charge in [-0.3, -0.25) is 19.5 Å². The number of aryl methyl sites for hydroxylation is 1. The molecule has 190 valence electrons. The van der Waals surface area contributed by atoms with Crippen molar-refractivity contribution in [3.05, 3.63) is 47.8 Å². The number of sulfonamides is 1. The number of hydrogen-bond acceptors (Lipinski definition) is 6. The van der Waals surface area contributed by atoms with Gasteiger partial charge in [0.05, 0.1) is 17.1 Å². The van der Waals surface area contributed by atoms with E-state index in [1.165, 1.54) is 12.1 Å². The number of ketones is 1. The molecular weight excluding hydrogens is 470 g/mol. The Morgan fingerprint density at radius 1 is 1.14 bits per heavy atom. The summed E-state index contributed by atoms with van der Waals surface area (Å²) < 4.78 is 28.2. The van der Waals surface area contributed by atoms with Crippen molar-refractivity contribution in [3.63, 3.8) is 0 Å². The van der Waals surface area contributed by atoms with Crippen LogP contribution in [0.25, 0.3) is 0 Å². The summed E-state index contributed by atoms with van der Waals surface area (Å²) in [5.74, 6) is -2.14. The van der Waals surface area contributed by atoms with Gasteiger partial charge >= 0.3 is 0 Å². The fourth-order valence-electron chi connectivity index (χ4n) is 4.05. The number of hydrogen-bond donors (Lipinski definition) is 4. The van der Waals surface area contributed by atoms with Gasteiger partial charge in [0.25, 0.3) is 5.91 Å². The molecule has 0 bridgehead atoms. The molecule has 11 heteroatoms. The van der Waals surface area contributed by atoms with Crippen molar-refractivity contribution in [2.75, 3.05) is 6.54 Å². The lowest BCUT2D eigenvalue weighted by Gasteiger charge is -2.24. The fraction of sp³-hybridized carbons (Fsp3) is 0.500. The maximum absolute atomic E-state index is 13.2. The number of nitrogens with one attached hydrogen (secondary N) is 4. The summed E-state index contributed by atoms with van der Waals surface area (Å²) in [6, 6.07) is 5.65. The number of rotatable bonds is 7. The maximum atomic E-state index is 13.2. The minimum atomic E-state index is -3.96. The van der Waals surface area contributed by atoms with Crippen molar-refractivity contribution in [1.29, 1.82) is 0 Å². The van der Waals surface area contributed by atoms with Crippen LogP contribution < -0.4 is 15.4 Å². The van der Waals surface area contributed by atoms with E-state index in [0.29, 0.717) is 12.8 Å². The van der Waals surface area contributed by atoms with E-state index in [9.17, 15) is 22.8 Å². The first-order valence-electron chi connectivity index (χ1n) is 11.9. The number of benzene rings is 1. The number of aromatic amines is 1. The number of H-pyrrole nitrogens is 1. The maximum Gasteiger partial charge on any atom is 0.289 e. The zero-order valence-electron chi connectivity index (χ0n) is 20.0. The van der Waals surface area contributed by atoms with E-state index in [0.717, 1.165) is 24.1 Å². The number of carbonyl (C=O) groups excluding carboxylic acids is 3. The lowest BCUT2D eigenvalue weighted by atomic mass is 9.99. The SMILES string of the molecule is CC(C)CC(NS(=O)(=O)c1ccccc1)C(=O)NC1CCCCc2[nH]ncc2CCNC(=O)C1=O. The van der Waals surface area contributed by atoms with Crippen LogP contribution in [-0.4, -0.2) is 54.8 Å². The monoisotopic (exact) mass is 503 g/mol. The molecule has 1 aromatic heterocycles. The van der Waals surface area contributed by atoms with Crippen molar-refractivity contribution in [3.8, 4) is 0 Å². The topological polar surface area (TPSA) is 150 Å². The quantitative estimate of drug-likeness (QED) is 0.418. The van der Waals surface area contributed by atoms with Gasteiger partial charge in [0.1, 0.15) is 6.04 Å². The average Bonchev–Trinajstić information content (AvgIpc) is 3.26. The van der Waals surface area contributed by atoms with E-state index >= 15 is 0 Å². The van der Waals surface area contributed by atoms with E-state index in [1.807, 2.05) is 13.8 Å². The van der Waals surface area contributed by atoms with E-state index in [1.54, 1.807) is 24.4 Å². The summed E-state index contributed by atoms with van der Waals surface area (Å²) in [4.78, 5) is 38.6. The lowest BCUT2D eigenvalue weighted by Crippen LogP contribution is -2.54. The molecular formula is C24H33N5O5S. The molecule has 2 heterocycles. The van der Waals surface area contributed by atoms with Crippen molar-refractivity contribution in [1.82, 2.24) is 25.6 Å². The average molecular weight is 504 g/mol. The minimum Gasteiger partial charge on any atom is -0.349 e. The molecule has 1 aliphatic heterocycles. The molecule has 35 heavy (non-hydrogen) atoms. The molecule has 1 aliphatic rings. The molecule has 4 N–H and O–H groups in total. The largest absolute Gasteiger partial charge is 0.349 e. The molecule has 0 saturated heterocycles. The van der Waals surface area contributed by atoms with Crippen molar-refractivity contribution >= 4 is 27.6 Å². The van der Waals surface area contributed by atoms with Crippen LogP contribution in [0.1, 0.15) is 50.8 Å². The summed E-state index contributed by atoms with van der Waals surface area (Å²) >= 11 is 0. The fourth-order valence-corrected chi connectivity index (χ4v) is 5.28. The normalized spacial score (nSPS) is 18.7. The second-order valence-corrected chi connectivity index (χ2v) is 10.9. The van der Waals surface area contributed by atoms with Crippen molar-refractivity contribution < 1.29 is 22.8 Å². The van der Waals surface area contributed by atoms with Gasteiger partial charge in [0.15, 0.2) is 0 Å². The van der Waals surface area contributed by atoms with Crippen LogP contribution in [0.4, 0.5) is 0 Å². The van der Waals surface area contributed by atoms with Crippen LogP contribution >= 0.6 is 0 Å². The van der Waals surface area contributed by atoms with E-state index in [4.69, 9.17) is 0 Å². The standard InChI is InChI=1S/C24H33N5O5S/c1-16(2)14-21(29-35(33,34)18-8-4-3-5-9-18)23(31)27-20-11-7-6-10-19-17(15-26-28-19)12-13-25-24(32)22(20)30/h3-5,8-9,15-16,20-21,29H,6-7,10-14H2,1-2H3,(H,25,32)(H,26,28)(H,27,31). The molecule has 2 unspecified atom stereocenters. The van der Waals surface area contributed by atoms with Crippen molar-refractivity contribution in [2.24, 2.45) is 5.92 Å². The summed E-state index contributed by atoms with van der Waals surface area (Å²) in [5, 5.41) is 12.3. The van der Waals surface area contributed by atoms with Gasteiger partial charge in [-0.05, 0) is 55.7 Å². The third kappa shape index (κ3) is 7.46. The van der Waals surface area contributed by atoms with Gasteiger partial charge in [-0.25, -0.2) is 8.42 Å². The van der Waals surface area contributed by atoms with Crippen LogP contribution in [0.2, 0.25) is 0 Å². The van der Waals surface area contributed by atoms with Crippen LogP contribution in [0.3, 0.4) is 0 Å². The first kappa shape index (κ1) is 26.6. The van der Waals surface area contributed by atoms with Gasteiger partial charge in [0.2, 0.25) is 21.7 Å². The number of aromatic nitrogens is 2. The first-order chi connectivity index (χ1) is 16.7. The molecule has 0 spiro atoms. The highest BCUT2D eigenvalue weighted by Crippen LogP contribution is 2.15. The van der Waals surface area contributed by atoms with Crippen molar-refractivity contribution in [2.45, 2.75) is 69.4 Å². The number of nitrogens with zero attached hydrogens (tertiary/aromatic N) is 1. The Morgan fingerprint density at radius 3 is 2.60 bits per heavy atom. The van der Waals surface area contributed by atoms with E-state index in [2.05, 4.69) is 25.6 Å². The molecule has 0 radical (unpaired) electrons. The third-order valence-electron chi connectivity index (χ3n) is 5.89. The Labute approximate surface area is 205 Å². The molecule has 0 fully saturated rings. The highest BCUT2D eigenvalue weighted by molar-refractivity contribution is 7.89. The number of carbonyl (C=O) groups is 3. The minimum absolute atomic E-state index is 0.00290. The zero-order valence-corrected chi connectivity index (χ0v) is 20.9. The summed E-state index contributed by atoms with van der Waals surface area (Å²) in [5.41, 5.74) is 2.00. The molecule has 0 aliphatic carbocycles. The third-order valence-corrected chi connectivity index (χ3v) is 7.38. The van der Waals surface area contributed by atoms with Gasteiger partial charge in [-0.15, -0.1) is 0 Å². The smallest absolute Gasteiger partial charge is 0.289 e.